The lowest BCUT2D eigenvalue weighted by Crippen LogP contribution is -2.59. The van der Waals surface area contributed by atoms with Crippen molar-refractivity contribution < 1.29 is 24.9 Å². The Balaban J connectivity index is 3.73. The lowest BCUT2D eigenvalue weighted by atomic mass is 9.59. The molecule has 28 heavy (non-hydrogen) atoms. The smallest absolute Gasteiger partial charge is 0.317 e. The van der Waals surface area contributed by atoms with Gasteiger partial charge in [-0.15, -0.1) is 11.1 Å². The van der Waals surface area contributed by atoms with E-state index in [1.165, 1.54) is 0 Å². The zero-order valence-electron chi connectivity index (χ0n) is 18.4. The topological polar surface area (TPSA) is 87.0 Å². The number of hydrogen-bond donors (Lipinski definition) is 3. The maximum absolute atomic E-state index is 13.1. The van der Waals surface area contributed by atoms with Crippen molar-refractivity contribution in [3.8, 4) is 22.9 Å². The number of aliphatic hydroxyl groups is 3. The molecule has 0 aromatic carbocycles. The molecular weight excluding hydrogens is 388 g/mol. The molecule has 3 N–H and O–H groups in total. The number of hydrogen-bond acceptors (Lipinski definition) is 5. The molecule has 1 rings (SSSR count). The van der Waals surface area contributed by atoms with Crippen LogP contribution in [0, 0.1) is 28.3 Å². The highest BCUT2D eigenvalue weighted by atomic mass is 28.3. The van der Waals surface area contributed by atoms with Crippen molar-refractivity contribution in [3.63, 3.8) is 0 Å². The van der Waals surface area contributed by atoms with Crippen molar-refractivity contribution in [1.82, 2.24) is 0 Å². The van der Waals surface area contributed by atoms with Crippen LogP contribution in [0.25, 0.3) is 0 Å². The summed E-state index contributed by atoms with van der Waals surface area (Å²) in [6.07, 6.45) is 0.975. The fraction of sp³-hybridized carbons (Fsp3) is 0.762. The summed E-state index contributed by atoms with van der Waals surface area (Å²) in [7, 11) is -3.75. The SMILES string of the molecule is CCOC(=O)[C@]1(C(O)(C#C[Si](C)(C)C)C#C[Si](C)(C)C)CCC[C@@](O)(CO)C1. The quantitative estimate of drug-likeness (QED) is 0.366. The number of rotatable bonds is 4. The standard InChI is InChI=1S/C21H36O5Si2/c1-8-26-18(23)20(11-9-10-19(24,16-20)17-22)21(25,12-14-27(2,3)4)13-15-28(5,6)7/h22,24-25H,8-11,16-17H2,1-7H3/t19-,20-/m0/s1. The van der Waals surface area contributed by atoms with Crippen LogP contribution in [0.4, 0.5) is 0 Å². The fourth-order valence-electron chi connectivity index (χ4n) is 3.32. The number of ether oxygens (including phenoxy) is 1. The van der Waals surface area contributed by atoms with Gasteiger partial charge in [0.1, 0.15) is 21.6 Å². The van der Waals surface area contributed by atoms with E-state index in [0.29, 0.717) is 19.3 Å². The molecule has 5 nitrogen and oxygen atoms in total. The molecule has 0 aromatic heterocycles. The molecule has 0 aliphatic heterocycles. The van der Waals surface area contributed by atoms with Crippen LogP contribution in [-0.2, 0) is 9.53 Å². The predicted molar refractivity (Wildman–Crippen MR) is 117 cm³/mol. The van der Waals surface area contributed by atoms with Gasteiger partial charge in [-0.25, -0.2) is 0 Å². The van der Waals surface area contributed by atoms with Gasteiger partial charge in [-0.05, 0) is 32.6 Å². The summed E-state index contributed by atoms with van der Waals surface area (Å²) in [6.45, 7) is 13.7. The van der Waals surface area contributed by atoms with Gasteiger partial charge in [0.25, 0.3) is 0 Å². The van der Waals surface area contributed by atoms with Gasteiger partial charge in [0.05, 0.1) is 18.8 Å². The van der Waals surface area contributed by atoms with Crippen LogP contribution < -0.4 is 0 Å². The summed E-state index contributed by atoms with van der Waals surface area (Å²) in [5.74, 6) is 5.27. The number of carbonyl (C=O) groups excluding carboxylic acids is 1. The van der Waals surface area contributed by atoms with Crippen molar-refractivity contribution in [1.29, 1.82) is 0 Å². The second kappa shape index (κ2) is 8.73. The second-order valence-electron chi connectivity index (χ2n) is 9.93. The van der Waals surface area contributed by atoms with Gasteiger partial charge in [0, 0.05) is 0 Å². The first-order valence-corrected chi connectivity index (χ1v) is 16.9. The normalized spacial score (nSPS) is 25.8. The minimum absolute atomic E-state index is 0.132. The Bertz CT molecular complexity index is 667. The fourth-order valence-corrected chi connectivity index (χ4v) is 4.43. The van der Waals surface area contributed by atoms with Crippen molar-refractivity contribution in [2.24, 2.45) is 5.41 Å². The highest BCUT2D eigenvalue weighted by Gasteiger charge is 2.61. The molecule has 0 unspecified atom stereocenters. The van der Waals surface area contributed by atoms with E-state index >= 15 is 0 Å². The molecule has 2 atom stereocenters. The summed E-state index contributed by atoms with van der Waals surface area (Å²) in [4.78, 5) is 13.1. The van der Waals surface area contributed by atoms with E-state index in [1.54, 1.807) is 6.92 Å². The van der Waals surface area contributed by atoms with Crippen LogP contribution in [0.1, 0.15) is 32.6 Å². The molecule has 0 heterocycles. The minimum Gasteiger partial charge on any atom is -0.465 e. The zero-order valence-corrected chi connectivity index (χ0v) is 20.4. The van der Waals surface area contributed by atoms with Crippen molar-refractivity contribution in [3.05, 3.63) is 0 Å². The summed E-state index contributed by atoms with van der Waals surface area (Å²) < 4.78 is 5.33. The third-order valence-corrected chi connectivity index (χ3v) is 6.52. The van der Waals surface area contributed by atoms with Gasteiger partial charge >= 0.3 is 5.97 Å². The van der Waals surface area contributed by atoms with Crippen LogP contribution in [0.3, 0.4) is 0 Å². The Morgan fingerprint density at radius 2 is 1.57 bits per heavy atom. The minimum atomic E-state index is -1.94. The van der Waals surface area contributed by atoms with E-state index in [-0.39, 0.29) is 13.0 Å². The van der Waals surface area contributed by atoms with Crippen LogP contribution >= 0.6 is 0 Å². The molecule has 158 valence electrons. The van der Waals surface area contributed by atoms with Crippen LogP contribution in [-0.4, -0.2) is 61.9 Å². The average Bonchev–Trinajstić information content (AvgIpc) is 2.57. The van der Waals surface area contributed by atoms with E-state index in [0.717, 1.165) is 0 Å². The van der Waals surface area contributed by atoms with Gasteiger partial charge in [-0.1, -0.05) is 51.1 Å². The molecule has 0 amide bonds. The molecule has 1 aliphatic rings. The van der Waals surface area contributed by atoms with E-state index in [4.69, 9.17) is 4.74 Å². The number of carbonyl (C=O) groups is 1. The Kier molecular flexibility index (Phi) is 7.77. The Morgan fingerprint density at radius 3 is 1.96 bits per heavy atom. The lowest BCUT2D eigenvalue weighted by Gasteiger charge is -2.47. The Morgan fingerprint density at radius 1 is 1.07 bits per heavy atom. The van der Waals surface area contributed by atoms with Crippen LogP contribution in [0.15, 0.2) is 0 Å². The maximum Gasteiger partial charge on any atom is 0.317 e. The molecule has 1 aliphatic carbocycles. The molecule has 0 radical (unpaired) electrons. The van der Waals surface area contributed by atoms with Crippen LogP contribution in [0.2, 0.25) is 39.3 Å². The first-order valence-electron chi connectivity index (χ1n) is 9.94. The Hall–Kier alpha value is -1.10. The molecule has 0 saturated heterocycles. The monoisotopic (exact) mass is 424 g/mol. The van der Waals surface area contributed by atoms with Crippen LogP contribution in [0.5, 0.6) is 0 Å². The molecule has 7 heteroatoms. The molecule has 1 fully saturated rings. The third kappa shape index (κ3) is 6.20. The highest BCUT2D eigenvalue weighted by molar-refractivity contribution is 6.84. The number of esters is 1. The van der Waals surface area contributed by atoms with Crippen molar-refractivity contribution >= 4 is 22.1 Å². The first-order chi connectivity index (χ1) is 12.6. The summed E-state index contributed by atoms with van der Waals surface area (Å²) in [5.41, 5.74) is 1.41. The van der Waals surface area contributed by atoms with Crippen molar-refractivity contribution in [2.45, 2.75) is 83.1 Å². The van der Waals surface area contributed by atoms with Gasteiger partial charge in [-0.3, -0.25) is 4.79 Å². The summed E-state index contributed by atoms with van der Waals surface area (Å²) >= 11 is 0. The predicted octanol–water partition coefficient (Wildman–Crippen LogP) is 2.33. The molecular formula is C21H36O5Si2. The van der Waals surface area contributed by atoms with E-state index < -0.39 is 45.3 Å². The molecule has 0 spiro atoms. The van der Waals surface area contributed by atoms with Gasteiger partial charge < -0.3 is 20.1 Å². The molecule has 0 aromatic rings. The highest BCUT2D eigenvalue weighted by Crippen LogP contribution is 2.49. The molecule has 0 bridgehead atoms. The first kappa shape index (κ1) is 24.9. The van der Waals surface area contributed by atoms with E-state index in [2.05, 4.69) is 22.9 Å². The lowest BCUT2D eigenvalue weighted by molar-refractivity contribution is -0.182. The van der Waals surface area contributed by atoms with Gasteiger partial charge in [0.2, 0.25) is 5.60 Å². The van der Waals surface area contributed by atoms with Crippen molar-refractivity contribution in [2.75, 3.05) is 13.2 Å². The largest absolute Gasteiger partial charge is 0.465 e. The molecule has 1 saturated carbocycles. The van der Waals surface area contributed by atoms with Gasteiger partial charge in [0.15, 0.2) is 0 Å². The maximum atomic E-state index is 13.1. The summed E-state index contributed by atoms with van der Waals surface area (Å²) in [6, 6.07) is 0. The third-order valence-electron chi connectivity index (χ3n) is 4.77. The van der Waals surface area contributed by atoms with Gasteiger partial charge in [-0.2, -0.15) is 0 Å². The Labute approximate surface area is 171 Å². The summed E-state index contributed by atoms with van der Waals surface area (Å²) in [5, 5.41) is 32.3. The van der Waals surface area contributed by atoms with E-state index in [1.807, 2.05) is 39.3 Å². The second-order valence-corrected chi connectivity index (χ2v) is 19.4. The number of aliphatic hydroxyl groups excluding tert-OH is 1. The van der Waals surface area contributed by atoms with E-state index in [9.17, 15) is 20.1 Å². The zero-order chi connectivity index (χ0) is 21.9. The average molecular weight is 425 g/mol.